The average Bonchev–Trinajstić information content (AvgIpc) is 3.34. The first kappa shape index (κ1) is 19.1. The first-order chi connectivity index (χ1) is 12.8. The summed E-state index contributed by atoms with van der Waals surface area (Å²) in [5.74, 6) is 1.97. The Hall–Kier alpha value is -1.63. The molecule has 0 unspecified atom stereocenters. The van der Waals surface area contributed by atoms with Crippen LogP contribution >= 0.6 is 0 Å². The Morgan fingerprint density at radius 1 is 1.19 bits per heavy atom. The van der Waals surface area contributed by atoms with Crippen LogP contribution in [0.15, 0.2) is 11.3 Å². The third-order valence-electron chi connectivity index (χ3n) is 5.68. The Balaban J connectivity index is 1.45. The van der Waals surface area contributed by atoms with E-state index in [-0.39, 0.29) is 0 Å². The van der Waals surface area contributed by atoms with Crippen LogP contribution in [0.25, 0.3) is 0 Å². The maximum atomic E-state index is 4.76. The standard InChI is InChI=1S/C19H35N7/c1-3-18-24-22-15-26(18)14-11-21-19(20-4-2)23-16-9-12-25(13-10-16)17-7-5-6-8-17/h15-17H,3-14H2,1-2H3,(H2,20,21,23). The van der Waals surface area contributed by atoms with E-state index in [4.69, 9.17) is 4.99 Å². The maximum absolute atomic E-state index is 4.76. The zero-order chi connectivity index (χ0) is 18.2. The molecule has 0 atom stereocenters. The van der Waals surface area contributed by atoms with Gasteiger partial charge in [-0.3, -0.25) is 4.99 Å². The molecule has 7 heteroatoms. The minimum Gasteiger partial charge on any atom is -0.357 e. The smallest absolute Gasteiger partial charge is 0.191 e. The third kappa shape index (κ3) is 5.19. The molecule has 2 N–H and O–H groups in total. The first-order valence-electron chi connectivity index (χ1n) is 10.5. The molecule has 1 aliphatic carbocycles. The van der Waals surface area contributed by atoms with Crippen LogP contribution < -0.4 is 10.6 Å². The molecule has 0 amide bonds. The van der Waals surface area contributed by atoms with Crippen LogP contribution in [-0.4, -0.2) is 63.9 Å². The van der Waals surface area contributed by atoms with Crippen molar-refractivity contribution >= 4 is 5.96 Å². The van der Waals surface area contributed by atoms with Crippen molar-refractivity contribution in [3.63, 3.8) is 0 Å². The lowest BCUT2D eigenvalue weighted by Gasteiger charge is -2.36. The van der Waals surface area contributed by atoms with Gasteiger partial charge in [0.25, 0.3) is 0 Å². The lowest BCUT2D eigenvalue weighted by Crippen LogP contribution is -2.50. The molecule has 0 radical (unpaired) electrons. The van der Waals surface area contributed by atoms with E-state index in [0.717, 1.165) is 43.9 Å². The van der Waals surface area contributed by atoms with Crippen molar-refractivity contribution in [1.29, 1.82) is 0 Å². The third-order valence-corrected chi connectivity index (χ3v) is 5.68. The predicted octanol–water partition coefficient (Wildman–Crippen LogP) is 1.80. The highest BCUT2D eigenvalue weighted by molar-refractivity contribution is 5.80. The summed E-state index contributed by atoms with van der Waals surface area (Å²) in [6.07, 6.45) is 10.8. The van der Waals surface area contributed by atoms with Gasteiger partial charge in [-0.05, 0) is 32.6 Å². The summed E-state index contributed by atoms with van der Waals surface area (Å²) in [4.78, 5) is 7.47. The van der Waals surface area contributed by atoms with Crippen LogP contribution in [0, 0.1) is 0 Å². The molecule has 26 heavy (non-hydrogen) atoms. The zero-order valence-corrected chi connectivity index (χ0v) is 16.5. The lowest BCUT2D eigenvalue weighted by molar-refractivity contribution is 0.150. The average molecular weight is 362 g/mol. The highest BCUT2D eigenvalue weighted by Crippen LogP contribution is 2.26. The van der Waals surface area contributed by atoms with E-state index in [1.54, 1.807) is 6.33 Å². The topological polar surface area (TPSA) is 70.4 Å². The second kappa shape index (κ2) is 9.90. The highest BCUT2D eigenvalue weighted by atomic mass is 15.3. The monoisotopic (exact) mass is 361 g/mol. The number of nitrogens with one attached hydrogen (secondary N) is 2. The van der Waals surface area contributed by atoms with Gasteiger partial charge in [0, 0.05) is 44.7 Å². The van der Waals surface area contributed by atoms with Gasteiger partial charge in [0.1, 0.15) is 12.2 Å². The first-order valence-corrected chi connectivity index (χ1v) is 10.5. The van der Waals surface area contributed by atoms with E-state index in [9.17, 15) is 0 Å². The number of piperidine rings is 1. The SMILES string of the molecule is CCNC(=NCCn1cnnc1CC)NC1CCN(C2CCCC2)CC1. The molecule has 146 valence electrons. The van der Waals surface area contributed by atoms with Crippen molar-refractivity contribution < 1.29 is 0 Å². The van der Waals surface area contributed by atoms with E-state index in [0.29, 0.717) is 6.04 Å². The zero-order valence-electron chi connectivity index (χ0n) is 16.5. The van der Waals surface area contributed by atoms with Gasteiger partial charge < -0.3 is 20.1 Å². The fraction of sp³-hybridized carbons (Fsp3) is 0.842. The molecule has 3 rings (SSSR count). The summed E-state index contributed by atoms with van der Waals surface area (Å²) in [5, 5.41) is 15.2. The molecule has 2 heterocycles. The van der Waals surface area contributed by atoms with Crippen molar-refractivity contribution in [2.24, 2.45) is 4.99 Å². The Morgan fingerprint density at radius 2 is 1.96 bits per heavy atom. The number of aromatic nitrogens is 3. The van der Waals surface area contributed by atoms with Crippen LogP contribution in [0.2, 0.25) is 0 Å². The van der Waals surface area contributed by atoms with Gasteiger partial charge in [-0.15, -0.1) is 10.2 Å². The fourth-order valence-electron chi connectivity index (χ4n) is 4.20. The van der Waals surface area contributed by atoms with Crippen LogP contribution in [0.3, 0.4) is 0 Å². The summed E-state index contributed by atoms with van der Waals surface area (Å²) < 4.78 is 2.09. The van der Waals surface area contributed by atoms with Gasteiger partial charge >= 0.3 is 0 Å². The van der Waals surface area contributed by atoms with E-state index < -0.39 is 0 Å². The molecule has 1 saturated heterocycles. The minimum atomic E-state index is 0.534. The Bertz CT molecular complexity index is 554. The number of nitrogens with zero attached hydrogens (tertiary/aromatic N) is 5. The number of guanidine groups is 1. The second-order valence-electron chi connectivity index (χ2n) is 7.45. The van der Waals surface area contributed by atoms with Gasteiger partial charge in [-0.25, -0.2) is 0 Å². The van der Waals surface area contributed by atoms with Gasteiger partial charge in [-0.1, -0.05) is 19.8 Å². The summed E-state index contributed by atoms with van der Waals surface area (Å²) in [6, 6.07) is 1.39. The number of rotatable bonds is 7. The quantitative estimate of drug-likeness (QED) is 0.572. The molecule has 1 aromatic heterocycles. The molecular weight excluding hydrogens is 326 g/mol. The molecule has 2 aliphatic rings. The minimum absolute atomic E-state index is 0.534. The number of hydrogen-bond donors (Lipinski definition) is 2. The molecule has 1 aromatic rings. The Kier molecular flexibility index (Phi) is 7.29. The van der Waals surface area contributed by atoms with Crippen molar-refractivity contribution in [2.45, 2.75) is 77.4 Å². The van der Waals surface area contributed by atoms with Gasteiger partial charge in [0.2, 0.25) is 0 Å². The Morgan fingerprint density at radius 3 is 2.65 bits per heavy atom. The maximum Gasteiger partial charge on any atom is 0.191 e. The molecule has 2 fully saturated rings. The number of aryl methyl sites for hydroxylation is 1. The van der Waals surface area contributed by atoms with E-state index >= 15 is 0 Å². The van der Waals surface area contributed by atoms with Crippen LogP contribution in [0.5, 0.6) is 0 Å². The largest absolute Gasteiger partial charge is 0.357 e. The van der Waals surface area contributed by atoms with Crippen LogP contribution in [-0.2, 0) is 13.0 Å². The number of likely N-dealkylation sites (tertiary alicyclic amines) is 1. The molecule has 0 aromatic carbocycles. The predicted molar refractivity (Wildman–Crippen MR) is 105 cm³/mol. The van der Waals surface area contributed by atoms with Gasteiger partial charge in [-0.2, -0.15) is 0 Å². The van der Waals surface area contributed by atoms with Gasteiger partial charge in [0.15, 0.2) is 5.96 Å². The van der Waals surface area contributed by atoms with Crippen LogP contribution in [0.4, 0.5) is 0 Å². The summed E-state index contributed by atoms with van der Waals surface area (Å²) in [7, 11) is 0. The summed E-state index contributed by atoms with van der Waals surface area (Å²) in [6.45, 7) is 9.13. The summed E-state index contributed by atoms with van der Waals surface area (Å²) in [5.41, 5.74) is 0. The van der Waals surface area contributed by atoms with Crippen molar-refractivity contribution in [1.82, 2.24) is 30.3 Å². The normalized spacial score (nSPS) is 20.6. The van der Waals surface area contributed by atoms with Gasteiger partial charge in [0.05, 0.1) is 6.54 Å². The molecule has 7 nitrogen and oxygen atoms in total. The molecule has 1 aliphatic heterocycles. The fourth-order valence-corrected chi connectivity index (χ4v) is 4.20. The summed E-state index contributed by atoms with van der Waals surface area (Å²) >= 11 is 0. The van der Waals surface area contributed by atoms with Crippen molar-refractivity contribution in [3.8, 4) is 0 Å². The lowest BCUT2D eigenvalue weighted by atomic mass is 10.0. The van der Waals surface area contributed by atoms with E-state index in [1.807, 2.05) is 0 Å². The Labute approximate surface area is 157 Å². The number of aliphatic imine (C=N–C) groups is 1. The molecule has 0 bridgehead atoms. The molecule has 1 saturated carbocycles. The number of hydrogen-bond acceptors (Lipinski definition) is 4. The van der Waals surface area contributed by atoms with E-state index in [2.05, 4.69) is 44.1 Å². The highest BCUT2D eigenvalue weighted by Gasteiger charge is 2.27. The molecular formula is C19H35N7. The second-order valence-corrected chi connectivity index (χ2v) is 7.45. The van der Waals surface area contributed by atoms with E-state index in [1.165, 1.54) is 51.6 Å². The van der Waals surface area contributed by atoms with Crippen LogP contribution in [0.1, 0.15) is 58.2 Å². The van der Waals surface area contributed by atoms with Crippen molar-refractivity contribution in [2.75, 3.05) is 26.2 Å². The van der Waals surface area contributed by atoms with Crippen molar-refractivity contribution in [3.05, 3.63) is 12.2 Å². The molecule has 0 spiro atoms.